The zero-order valence-corrected chi connectivity index (χ0v) is 15.9. The smallest absolute Gasteiger partial charge is 0.321 e. The molecule has 8 heteroatoms. The second-order valence-electron chi connectivity index (χ2n) is 7.29. The van der Waals surface area contributed by atoms with Crippen LogP contribution >= 0.6 is 0 Å². The molecule has 2 amide bonds. The maximum atomic E-state index is 14.5. The van der Waals surface area contributed by atoms with Gasteiger partial charge in [-0.2, -0.15) is 0 Å². The molecular formula is C20H23FN6O. The van der Waals surface area contributed by atoms with Crippen LogP contribution in [0.1, 0.15) is 26.7 Å². The highest BCUT2D eigenvalue weighted by molar-refractivity contribution is 5.90. The summed E-state index contributed by atoms with van der Waals surface area (Å²) in [6.07, 6.45) is 7.34. The molecular weight excluding hydrogens is 359 g/mol. The number of nitrogens with one attached hydrogen (secondary N) is 2. The molecule has 1 aromatic carbocycles. The molecule has 3 aromatic rings. The minimum atomic E-state index is -0.400. The molecule has 1 aliphatic rings. The van der Waals surface area contributed by atoms with E-state index in [9.17, 15) is 9.18 Å². The Bertz CT molecular complexity index is 1010. The monoisotopic (exact) mass is 382 g/mol. The fourth-order valence-corrected chi connectivity index (χ4v) is 3.34. The van der Waals surface area contributed by atoms with Crippen molar-refractivity contribution in [3.63, 3.8) is 0 Å². The zero-order valence-electron chi connectivity index (χ0n) is 15.9. The highest BCUT2D eigenvalue weighted by atomic mass is 19.1. The number of carbonyl (C=O) groups excluding carboxylic acids is 1. The number of aromatic nitrogens is 3. The number of urea groups is 1. The minimum absolute atomic E-state index is 0.156. The van der Waals surface area contributed by atoms with Crippen LogP contribution in [0, 0.1) is 5.82 Å². The molecule has 0 atom stereocenters. The fourth-order valence-electron chi connectivity index (χ4n) is 3.34. The summed E-state index contributed by atoms with van der Waals surface area (Å²) in [7, 11) is 0. The second-order valence-corrected chi connectivity index (χ2v) is 7.29. The predicted octanol–water partition coefficient (Wildman–Crippen LogP) is 3.98. The van der Waals surface area contributed by atoms with Crippen molar-refractivity contribution in [2.45, 2.75) is 32.7 Å². The first kappa shape index (κ1) is 18.2. The molecule has 1 saturated heterocycles. The maximum Gasteiger partial charge on any atom is 0.321 e. The van der Waals surface area contributed by atoms with E-state index in [0.29, 0.717) is 22.7 Å². The molecule has 28 heavy (non-hydrogen) atoms. The van der Waals surface area contributed by atoms with Crippen molar-refractivity contribution in [1.82, 2.24) is 19.3 Å². The summed E-state index contributed by atoms with van der Waals surface area (Å²) in [5.74, 6) is 0.0818. The quantitative estimate of drug-likeness (QED) is 0.716. The summed E-state index contributed by atoms with van der Waals surface area (Å²) < 4.78 is 16.2. The lowest BCUT2D eigenvalue weighted by Crippen LogP contribution is -2.32. The molecule has 4 rings (SSSR count). The summed E-state index contributed by atoms with van der Waals surface area (Å²) in [5.41, 5.74) is 2.19. The van der Waals surface area contributed by atoms with Crippen LogP contribution in [0.4, 0.5) is 20.6 Å². The number of fused-ring (bicyclic) bond motifs is 1. The van der Waals surface area contributed by atoms with Crippen molar-refractivity contribution in [1.29, 1.82) is 0 Å². The van der Waals surface area contributed by atoms with Gasteiger partial charge in [0.05, 0.1) is 17.6 Å². The van der Waals surface area contributed by atoms with Crippen molar-refractivity contribution in [3.05, 3.63) is 42.6 Å². The van der Waals surface area contributed by atoms with E-state index in [1.807, 2.05) is 20.0 Å². The third-order valence-corrected chi connectivity index (χ3v) is 4.65. The third-order valence-electron chi connectivity index (χ3n) is 4.65. The van der Waals surface area contributed by atoms with Gasteiger partial charge in [0.15, 0.2) is 0 Å². The van der Waals surface area contributed by atoms with Gasteiger partial charge in [-0.3, -0.25) is 4.40 Å². The number of hydrogen-bond donors (Lipinski definition) is 2. The van der Waals surface area contributed by atoms with Crippen molar-refractivity contribution >= 4 is 23.2 Å². The first-order valence-electron chi connectivity index (χ1n) is 9.47. The van der Waals surface area contributed by atoms with Gasteiger partial charge in [-0.25, -0.2) is 19.2 Å². The van der Waals surface area contributed by atoms with E-state index in [2.05, 4.69) is 20.6 Å². The molecule has 0 bridgehead atoms. The van der Waals surface area contributed by atoms with Gasteiger partial charge in [0.1, 0.15) is 5.82 Å². The number of carbonyl (C=O) groups is 1. The Hall–Kier alpha value is -3.16. The Morgan fingerprint density at radius 2 is 1.96 bits per heavy atom. The van der Waals surface area contributed by atoms with Gasteiger partial charge in [0.2, 0.25) is 5.78 Å². The van der Waals surface area contributed by atoms with E-state index in [0.717, 1.165) is 31.6 Å². The van der Waals surface area contributed by atoms with Crippen molar-refractivity contribution < 1.29 is 9.18 Å². The molecule has 146 valence electrons. The van der Waals surface area contributed by atoms with Gasteiger partial charge < -0.3 is 15.5 Å². The first-order chi connectivity index (χ1) is 13.5. The highest BCUT2D eigenvalue weighted by Crippen LogP contribution is 2.26. The average molecular weight is 382 g/mol. The van der Waals surface area contributed by atoms with Crippen LogP contribution in [0.2, 0.25) is 0 Å². The number of amides is 2. The van der Waals surface area contributed by atoms with Gasteiger partial charge in [0, 0.05) is 42.8 Å². The van der Waals surface area contributed by atoms with Crippen LogP contribution in [0.5, 0.6) is 0 Å². The van der Waals surface area contributed by atoms with Crippen LogP contribution in [-0.2, 0) is 0 Å². The number of benzene rings is 1. The number of anilines is 2. The van der Waals surface area contributed by atoms with E-state index in [1.165, 1.54) is 6.07 Å². The van der Waals surface area contributed by atoms with Crippen molar-refractivity contribution in [2.24, 2.45) is 0 Å². The third kappa shape index (κ3) is 3.76. The van der Waals surface area contributed by atoms with E-state index in [1.54, 1.807) is 33.8 Å². The summed E-state index contributed by atoms with van der Waals surface area (Å²) in [5, 5.41) is 6.12. The molecule has 3 heterocycles. The summed E-state index contributed by atoms with van der Waals surface area (Å²) in [6.45, 7) is 5.59. The lowest BCUT2D eigenvalue weighted by Gasteiger charge is -2.16. The van der Waals surface area contributed by atoms with E-state index in [4.69, 9.17) is 0 Å². The van der Waals surface area contributed by atoms with Crippen LogP contribution in [-0.4, -0.2) is 44.4 Å². The topological polar surface area (TPSA) is 74.6 Å². The van der Waals surface area contributed by atoms with Gasteiger partial charge >= 0.3 is 6.03 Å². The molecule has 1 aliphatic heterocycles. The molecule has 0 aliphatic carbocycles. The van der Waals surface area contributed by atoms with Crippen molar-refractivity contribution in [2.75, 3.05) is 23.7 Å². The van der Waals surface area contributed by atoms with Gasteiger partial charge in [-0.05, 0) is 44.9 Å². The van der Waals surface area contributed by atoms with Gasteiger partial charge in [-0.1, -0.05) is 0 Å². The minimum Gasteiger partial charge on any atom is -0.380 e. The standard InChI is InChI=1S/C20H23FN6O/c1-13(2)23-15-10-22-19-25-18(12-27(19)11-15)16-9-14(5-6-17(16)21)24-20(28)26-7-3-4-8-26/h5-6,9-13,23H,3-4,7-8H2,1-2H3,(H,24,28). The number of halogens is 1. The summed E-state index contributed by atoms with van der Waals surface area (Å²) >= 11 is 0. The lowest BCUT2D eigenvalue weighted by molar-refractivity contribution is 0.222. The average Bonchev–Trinajstić information content (AvgIpc) is 3.32. The van der Waals surface area contributed by atoms with E-state index in [-0.39, 0.29) is 12.1 Å². The molecule has 2 aromatic heterocycles. The largest absolute Gasteiger partial charge is 0.380 e. The Morgan fingerprint density at radius 3 is 2.71 bits per heavy atom. The van der Waals surface area contributed by atoms with Crippen LogP contribution in [0.15, 0.2) is 36.8 Å². The Kier molecular flexibility index (Phi) is 4.85. The number of nitrogens with zero attached hydrogens (tertiary/aromatic N) is 4. The molecule has 1 fully saturated rings. The Labute approximate surface area is 162 Å². The normalized spacial score (nSPS) is 14.1. The molecule has 0 radical (unpaired) electrons. The number of likely N-dealkylation sites (tertiary alicyclic amines) is 1. The summed E-state index contributed by atoms with van der Waals surface area (Å²) in [4.78, 5) is 22.8. The Morgan fingerprint density at radius 1 is 1.18 bits per heavy atom. The number of imidazole rings is 1. The number of hydrogen-bond acceptors (Lipinski definition) is 4. The van der Waals surface area contributed by atoms with E-state index >= 15 is 0 Å². The van der Waals surface area contributed by atoms with Crippen LogP contribution in [0.3, 0.4) is 0 Å². The number of rotatable bonds is 4. The van der Waals surface area contributed by atoms with Gasteiger partial charge in [-0.15, -0.1) is 0 Å². The molecule has 7 nitrogen and oxygen atoms in total. The molecule has 0 saturated carbocycles. The molecule has 0 spiro atoms. The first-order valence-corrected chi connectivity index (χ1v) is 9.47. The Balaban J connectivity index is 1.61. The molecule has 2 N–H and O–H groups in total. The van der Waals surface area contributed by atoms with Crippen LogP contribution in [0.25, 0.3) is 17.0 Å². The summed E-state index contributed by atoms with van der Waals surface area (Å²) in [6, 6.07) is 4.63. The highest BCUT2D eigenvalue weighted by Gasteiger charge is 2.19. The second kappa shape index (κ2) is 7.46. The van der Waals surface area contributed by atoms with Crippen molar-refractivity contribution in [3.8, 4) is 11.3 Å². The molecule has 0 unspecified atom stereocenters. The fraction of sp³-hybridized carbons (Fsp3) is 0.350. The maximum absolute atomic E-state index is 14.5. The SMILES string of the molecule is CC(C)Nc1cnc2nc(-c3cc(NC(=O)N4CCCC4)ccc3F)cn2c1. The lowest BCUT2D eigenvalue weighted by atomic mass is 10.1. The van der Waals surface area contributed by atoms with Crippen LogP contribution < -0.4 is 10.6 Å². The zero-order chi connectivity index (χ0) is 19.7. The van der Waals surface area contributed by atoms with E-state index < -0.39 is 5.82 Å². The van der Waals surface area contributed by atoms with Gasteiger partial charge in [0.25, 0.3) is 0 Å². The predicted molar refractivity (Wildman–Crippen MR) is 107 cm³/mol.